The summed E-state index contributed by atoms with van der Waals surface area (Å²) in [4.78, 5) is 56.5. The predicted octanol–water partition coefficient (Wildman–Crippen LogP) is 9.65. The molecule has 2 heterocycles. The summed E-state index contributed by atoms with van der Waals surface area (Å²) < 4.78 is 0. The van der Waals surface area contributed by atoms with Gasteiger partial charge in [0.1, 0.15) is 0 Å². The summed E-state index contributed by atoms with van der Waals surface area (Å²) >= 11 is 2.85. The fourth-order valence-electron chi connectivity index (χ4n) is 6.90. The van der Waals surface area contributed by atoms with Gasteiger partial charge in [0.25, 0.3) is 0 Å². The zero-order valence-electron chi connectivity index (χ0n) is 28.1. The van der Waals surface area contributed by atoms with Gasteiger partial charge in [0.05, 0.1) is 20.6 Å². The number of fused-ring (bicyclic) bond motifs is 6. The van der Waals surface area contributed by atoms with E-state index < -0.39 is 32.5 Å². The molecule has 0 N–H and O–H groups in total. The first-order chi connectivity index (χ1) is 20.0. The van der Waals surface area contributed by atoms with Gasteiger partial charge < -0.3 is 0 Å². The molecule has 5 rings (SSSR count). The molecule has 0 aromatic carbocycles. The Balaban J connectivity index is 2.13. The Morgan fingerprint density at radius 2 is 0.750 bits per heavy atom. The zero-order valence-corrected chi connectivity index (χ0v) is 29.7. The minimum Gasteiger partial charge on any atom is -0.297 e. The molecule has 44 heavy (non-hydrogen) atoms. The van der Waals surface area contributed by atoms with Gasteiger partial charge in [-0.1, -0.05) is 107 Å². The molecule has 3 aliphatic carbocycles. The molecule has 4 nitrogen and oxygen atoms in total. The van der Waals surface area contributed by atoms with E-state index in [0.717, 1.165) is 33.5 Å². The van der Waals surface area contributed by atoms with Gasteiger partial charge in [-0.3, -0.25) is 19.2 Å². The second-order valence-corrected chi connectivity index (χ2v) is 18.8. The summed E-state index contributed by atoms with van der Waals surface area (Å²) in [6, 6.07) is 3.93. The summed E-state index contributed by atoms with van der Waals surface area (Å²) in [6.45, 7) is 24.8. The summed E-state index contributed by atoms with van der Waals surface area (Å²) in [7, 11) is 0. The Kier molecular flexibility index (Phi) is 7.20. The number of hydrogen-bond acceptors (Lipinski definition) is 6. The molecule has 232 valence electrons. The largest absolute Gasteiger partial charge is 0.297 e. The smallest absolute Gasteiger partial charge is 0.185 e. The molecule has 0 amide bonds. The van der Waals surface area contributed by atoms with Crippen LogP contribution in [-0.4, -0.2) is 24.1 Å². The van der Waals surface area contributed by atoms with E-state index in [1.165, 1.54) is 22.7 Å². The minimum atomic E-state index is -0.957. The summed E-state index contributed by atoms with van der Waals surface area (Å²) in [5.74, 6) is 0.0459. The molecule has 0 aliphatic heterocycles. The molecule has 0 saturated carbocycles. The molecule has 2 spiro atoms. The van der Waals surface area contributed by atoms with Crippen LogP contribution in [0, 0.1) is 21.7 Å². The van der Waals surface area contributed by atoms with E-state index in [4.69, 9.17) is 0 Å². The van der Waals surface area contributed by atoms with Gasteiger partial charge in [0, 0.05) is 32.0 Å². The second-order valence-electron chi connectivity index (χ2n) is 16.6. The Labute approximate surface area is 270 Å². The quantitative estimate of drug-likeness (QED) is 0.311. The summed E-state index contributed by atoms with van der Waals surface area (Å²) in [5, 5.41) is 0. The van der Waals surface area contributed by atoms with E-state index in [1.54, 1.807) is 0 Å². The highest BCUT2D eigenvalue weighted by molar-refractivity contribution is 7.24. The maximum atomic E-state index is 14.4. The predicted molar refractivity (Wildman–Crippen MR) is 182 cm³/mol. The first-order valence-electron chi connectivity index (χ1n) is 15.2. The minimum absolute atomic E-state index is 0.0230. The average Bonchev–Trinajstić information content (AvgIpc) is 3.51. The van der Waals surface area contributed by atoms with Gasteiger partial charge in [0.2, 0.25) is 0 Å². The van der Waals surface area contributed by atoms with Gasteiger partial charge in [-0.15, -0.1) is 22.7 Å². The van der Waals surface area contributed by atoms with Gasteiger partial charge in [-0.25, -0.2) is 0 Å². The third-order valence-electron chi connectivity index (χ3n) is 9.22. The van der Waals surface area contributed by atoms with Crippen molar-refractivity contribution in [2.75, 3.05) is 0 Å². The zero-order chi connectivity index (χ0) is 33.0. The Hall–Kier alpha value is -2.96. The van der Waals surface area contributed by atoms with Crippen LogP contribution in [0.3, 0.4) is 0 Å². The topological polar surface area (TPSA) is 68.3 Å². The second kappa shape index (κ2) is 9.77. The first kappa shape index (κ1) is 32.4. The normalized spacial score (nSPS) is 19.6. The first-order valence-corrected chi connectivity index (χ1v) is 16.9. The van der Waals surface area contributed by atoms with Crippen molar-refractivity contribution in [3.63, 3.8) is 0 Å². The molecule has 2 aromatic heterocycles. The van der Waals surface area contributed by atoms with Crippen LogP contribution in [0.2, 0.25) is 0 Å². The lowest BCUT2D eigenvalue weighted by Gasteiger charge is -2.54. The summed E-state index contributed by atoms with van der Waals surface area (Å²) in [6.07, 6.45) is 10.3. The molecule has 0 saturated heterocycles. The lowest BCUT2D eigenvalue weighted by molar-refractivity contribution is -0.115. The van der Waals surface area contributed by atoms with Crippen LogP contribution in [0.1, 0.15) is 114 Å². The number of carbonyl (C=O) groups is 4. The lowest BCUT2D eigenvalue weighted by atomic mass is 9.47. The monoisotopic (exact) mass is 628 g/mol. The van der Waals surface area contributed by atoms with Crippen LogP contribution in [-0.2, 0) is 20.4 Å². The highest BCUT2D eigenvalue weighted by Crippen LogP contribution is 2.65. The fraction of sp³-hybridized carbons (Fsp3) is 0.474. The highest BCUT2D eigenvalue weighted by atomic mass is 32.1. The fourth-order valence-corrected chi connectivity index (χ4v) is 9.15. The molecule has 0 radical (unpaired) electrons. The van der Waals surface area contributed by atoms with E-state index in [9.17, 15) is 19.2 Å². The van der Waals surface area contributed by atoms with Crippen LogP contribution in [0.4, 0.5) is 0 Å². The molecular weight excluding hydrogens is 585 g/mol. The van der Waals surface area contributed by atoms with Crippen molar-refractivity contribution >= 4 is 46.8 Å². The number of carbonyl (C=O) groups excluding carboxylic acids is 4. The summed E-state index contributed by atoms with van der Waals surface area (Å²) in [5.41, 5.74) is 0.816. The average molecular weight is 629 g/mol. The van der Waals surface area contributed by atoms with E-state index >= 15 is 0 Å². The third kappa shape index (κ3) is 4.67. The van der Waals surface area contributed by atoms with Crippen molar-refractivity contribution in [2.24, 2.45) is 21.7 Å². The maximum Gasteiger partial charge on any atom is 0.185 e. The highest BCUT2D eigenvalue weighted by Gasteiger charge is 2.60. The van der Waals surface area contributed by atoms with E-state index in [0.29, 0.717) is 32.0 Å². The van der Waals surface area contributed by atoms with E-state index in [-0.39, 0.29) is 11.6 Å². The van der Waals surface area contributed by atoms with Gasteiger partial charge >= 0.3 is 0 Å². The number of rotatable bonds is 2. The lowest BCUT2D eigenvalue weighted by Crippen LogP contribution is -2.52. The molecule has 0 unspecified atom stereocenters. The SMILES string of the molecule is CC(C)(C)C1=CC2(C=C(C(C)(C)C)C1=O)c1cc(C=O)sc1-c1sc(C=O)cc1C21C=C(C(C)(C)C)C(=O)C(C(C)(C)C)=C1. The Morgan fingerprint density at radius 3 is 0.955 bits per heavy atom. The molecule has 2 aromatic rings. The van der Waals surface area contributed by atoms with Crippen molar-refractivity contribution in [3.8, 4) is 9.75 Å². The molecule has 0 bridgehead atoms. The molecule has 0 fully saturated rings. The number of Topliss-reactive ketones (excluding diaryl/α,β-unsaturated/α-hetero) is 2. The number of aldehydes is 2. The Morgan fingerprint density at radius 1 is 0.500 bits per heavy atom. The third-order valence-corrected chi connectivity index (χ3v) is 11.5. The molecule has 0 atom stereocenters. The number of thiophene rings is 2. The van der Waals surface area contributed by atoms with Crippen LogP contribution >= 0.6 is 22.7 Å². The van der Waals surface area contributed by atoms with Crippen molar-refractivity contribution in [1.29, 1.82) is 0 Å². The van der Waals surface area contributed by atoms with Gasteiger partial charge in [0.15, 0.2) is 24.1 Å². The van der Waals surface area contributed by atoms with Gasteiger partial charge in [-0.05, 0) is 44.9 Å². The van der Waals surface area contributed by atoms with Crippen LogP contribution in [0.15, 0.2) is 58.7 Å². The maximum absolute atomic E-state index is 14.4. The van der Waals surface area contributed by atoms with Crippen LogP contribution in [0.5, 0.6) is 0 Å². The number of allylic oxidation sites excluding steroid dienone is 8. The van der Waals surface area contributed by atoms with Crippen molar-refractivity contribution in [1.82, 2.24) is 0 Å². The van der Waals surface area contributed by atoms with Crippen LogP contribution in [0.25, 0.3) is 9.75 Å². The Bertz CT molecular complexity index is 1550. The molecule has 6 heteroatoms. The van der Waals surface area contributed by atoms with Crippen molar-refractivity contribution in [2.45, 2.75) is 93.9 Å². The van der Waals surface area contributed by atoms with E-state index in [1.807, 2.05) is 12.1 Å². The van der Waals surface area contributed by atoms with Crippen LogP contribution < -0.4 is 0 Å². The standard InChI is InChI=1S/C38H44O4S2/c1-33(2,3)25-15-37(16-26(29(25)41)34(4,5)6)23-13-21(19-39)43-31(23)32-24(14-22(20-40)44-32)38(37)17-27(35(7,8)9)30(42)28(18-38)36(10,11)12/h13-20H,1-12H3. The number of hydrogen-bond donors (Lipinski definition) is 0. The number of ketones is 2. The van der Waals surface area contributed by atoms with Gasteiger partial charge in [-0.2, -0.15) is 0 Å². The molecule has 3 aliphatic rings. The van der Waals surface area contributed by atoms with Crippen molar-refractivity contribution in [3.05, 3.63) is 79.6 Å². The molecular formula is C38H44O4S2. The van der Waals surface area contributed by atoms with Crippen molar-refractivity contribution < 1.29 is 19.2 Å². The van der Waals surface area contributed by atoms with E-state index in [2.05, 4.69) is 107 Å².